The minimum atomic E-state index is 0.222. The summed E-state index contributed by atoms with van der Waals surface area (Å²) in [5.74, 6) is 0.868. The summed E-state index contributed by atoms with van der Waals surface area (Å²) in [5.41, 5.74) is 0. The van der Waals surface area contributed by atoms with E-state index in [0.29, 0.717) is 12.0 Å². The van der Waals surface area contributed by atoms with Gasteiger partial charge in [-0.05, 0) is 18.8 Å². The molecule has 0 spiro atoms. The lowest BCUT2D eigenvalue weighted by Crippen LogP contribution is -2.45. The van der Waals surface area contributed by atoms with Crippen LogP contribution < -0.4 is 0 Å². The standard InChI is InChI=1S/C14H26N2O/c1-12(2)11-16(8-9-17-3)14-7-5-4-6-13(14)10-15/h12-14H,4-9,11H2,1-3H3. The number of hydrogen-bond donors (Lipinski definition) is 0. The van der Waals surface area contributed by atoms with Crippen molar-refractivity contribution in [3.8, 4) is 6.07 Å². The zero-order valence-electron chi connectivity index (χ0n) is 11.5. The van der Waals surface area contributed by atoms with Gasteiger partial charge in [0, 0.05) is 26.2 Å². The fourth-order valence-electron chi connectivity index (χ4n) is 2.77. The Morgan fingerprint density at radius 1 is 1.35 bits per heavy atom. The van der Waals surface area contributed by atoms with Crippen LogP contribution in [0.4, 0.5) is 0 Å². The number of nitriles is 1. The molecule has 0 heterocycles. The summed E-state index contributed by atoms with van der Waals surface area (Å²) in [6, 6.07) is 2.95. The van der Waals surface area contributed by atoms with E-state index in [9.17, 15) is 5.26 Å². The second-order valence-corrected chi connectivity index (χ2v) is 5.47. The minimum absolute atomic E-state index is 0.222. The SMILES string of the molecule is COCCN(CC(C)C)C1CCCCC1C#N. The summed E-state index contributed by atoms with van der Waals surface area (Å²) < 4.78 is 5.19. The summed E-state index contributed by atoms with van der Waals surface area (Å²) in [4.78, 5) is 2.47. The highest BCUT2D eigenvalue weighted by Gasteiger charge is 2.30. The topological polar surface area (TPSA) is 36.3 Å². The summed E-state index contributed by atoms with van der Waals surface area (Å²) in [6.07, 6.45) is 4.73. The minimum Gasteiger partial charge on any atom is -0.383 e. The van der Waals surface area contributed by atoms with Gasteiger partial charge in [0.05, 0.1) is 18.6 Å². The fourth-order valence-corrected chi connectivity index (χ4v) is 2.77. The van der Waals surface area contributed by atoms with Gasteiger partial charge in [-0.3, -0.25) is 4.90 Å². The van der Waals surface area contributed by atoms with Crippen LogP contribution in [-0.2, 0) is 4.74 Å². The van der Waals surface area contributed by atoms with Gasteiger partial charge >= 0.3 is 0 Å². The molecule has 1 rings (SSSR count). The van der Waals surface area contributed by atoms with E-state index in [2.05, 4.69) is 24.8 Å². The van der Waals surface area contributed by atoms with Crippen LogP contribution in [0.2, 0.25) is 0 Å². The van der Waals surface area contributed by atoms with Crippen LogP contribution in [0.5, 0.6) is 0 Å². The van der Waals surface area contributed by atoms with Gasteiger partial charge < -0.3 is 4.74 Å². The molecule has 0 aromatic rings. The Kier molecular flexibility index (Phi) is 6.54. The molecule has 0 aromatic carbocycles. The summed E-state index contributed by atoms with van der Waals surface area (Å²) in [7, 11) is 1.75. The van der Waals surface area contributed by atoms with Crippen molar-refractivity contribution in [1.29, 1.82) is 5.26 Å². The van der Waals surface area contributed by atoms with Crippen molar-refractivity contribution in [2.45, 2.75) is 45.6 Å². The van der Waals surface area contributed by atoms with Gasteiger partial charge in [-0.25, -0.2) is 0 Å². The molecule has 1 fully saturated rings. The zero-order valence-corrected chi connectivity index (χ0v) is 11.5. The zero-order chi connectivity index (χ0) is 12.7. The molecule has 1 saturated carbocycles. The molecule has 3 heteroatoms. The number of rotatable bonds is 6. The monoisotopic (exact) mass is 238 g/mol. The normalized spacial score (nSPS) is 25.2. The highest BCUT2D eigenvalue weighted by molar-refractivity contribution is 4.95. The number of methoxy groups -OCH3 is 1. The second-order valence-electron chi connectivity index (χ2n) is 5.47. The summed E-state index contributed by atoms with van der Waals surface area (Å²) in [5, 5.41) is 9.26. The van der Waals surface area contributed by atoms with E-state index in [-0.39, 0.29) is 5.92 Å². The van der Waals surface area contributed by atoms with Crippen LogP contribution in [-0.4, -0.2) is 37.7 Å². The molecule has 98 valence electrons. The number of nitrogens with zero attached hydrogens (tertiary/aromatic N) is 2. The number of ether oxygens (including phenoxy) is 1. The third-order valence-corrected chi connectivity index (χ3v) is 3.55. The Labute approximate surface area is 106 Å². The quantitative estimate of drug-likeness (QED) is 0.714. The van der Waals surface area contributed by atoms with Crippen molar-refractivity contribution >= 4 is 0 Å². The Morgan fingerprint density at radius 2 is 2.06 bits per heavy atom. The predicted octanol–water partition coefficient (Wildman–Crippen LogP) is 2.67. The largest absolute Gasteiger partial charge is 0.383 e. The lowest BCUT2D eigenvalue weighted by molar-refractivity contribution is 0.0765. The molecule has 0 bridgehead atoms. The van der Waals surface area contributed by atoms with Gasteiger partial charge in [-0.15, -0.1) is 0 Å². The van der Waals surface area contributed by atoms with Crippen LogP contribution in [0.1, 0.15) is 39.5 Å². The third kappa shape index (κ3) is 4.65. The molecule has 17 heavy (non-hydrogen) atoms. The van der Waals surface area contributed by atoms with E-state index in [1.54, 1.807) is 7.11 Å². The van der Waals surface area contributed by atoms with E-state index in [1.807, 2.05) is 0 Å². The van der Waals surface area contributed by atoms with E-state index in [1.165, 1.54) is 19.3 Å². The summed E-state index contributed by atoms with van der Waals surface area (Å²) >= 11 is 0. The fraction of sp³-hybridized carbons (Fsp3) is 0.929. The average molecular weight is 238 g/mol. The lowest BCUT2D eigenvalue weighted by atomic mass is 9.84. The maximum Gasteiger partial charge on any atom is 0.0672 e. The Hall–Kier alpha value is -0.590. The van der Waals surface area contributed by atoms with Crippen molar-refractivity contribution in [2.75, 3.05) is 26.8 Å². The molecule has 0 saturated heterocycles. The molecular weight excluding hydrogens is 212 g/mol. The summed E-state index contributed by atoms with van der Waals surface area (Å²) in [6.45, 7) is 7.28. The van der Waals surface area contributed by atoms with Crippen molar-refractivity contribution in [2.24, 2.45) is 11.8 Å². The van der Waals surface area contributed by atoms with Crippen LogP contribution in [0.25, 0.3) is 0 Å². The van der Waals surface area contributed by atoms with Gasteiger partial charge in [-0.1, -0.05) is 26.7 Å². The van der Waals surface area contributed by atoms with Gasteiger partial charge in [-0.2, -0.15) is 5.26 Å². The molecule has 3 nitrogen and oxygen atoms in total. The second kappa shape index (κ2) is 7.68. The van der Waals surface area contributed by atoms with Crippen molar-refractivity contribution in [3.63, 3.8) is 0 Å². The molecule has 0 aliphatic heterocycles. The van der Waals surface area contributed by atoms with E-state index >= 15 is 0 Å². The first kappa shape index (κ1) is 14.5. The molecule has 2 unspecified atom stereocenters. The Morgan fingerprint density at radius 3 is 2.65 bits per heavy atom. The number of hydrogen-bond acceptors (Lipinski definition) is 3. The Bertz CT molecular complexity index is 247. The van der Waals surface area contributed by atoms with Crippen molar-refractivity contribution < 1.29 is 4.74 Å². The molecule has 1 aliphatic rings. The highest BCUT2D eigenvalue weighted by Crippen LogP contribution is 2.28. The third-order valence-electron chi connectivity index (χ3n) is 3.55. The van der Waals surface area contributed by atoms with Crippen LogP contribution in [0.15, 0.2) is 0 Å². The molecule has 0 amide bonds. The molecular formula is C14H26N2O. The maximum atomic E-state index is 9.26. The Balaban J connectivity index is 2.61. The van der Waals surface area contributed by atoms with Crippen LogP contribution in [0.3, 0.4) is 0 Å². The average Bonchev–Trinajstić information content (AvgIpc) is 2.34. The highest BCUT2D eigenvalue weighted by atomic mass is 16.5. The van der Waals surface area contributed by atoms with Gasteiger partial charge in [0.25, 0.3) is 0 Å². The van der Waals surface area contributed by atoms with E-state index in [4.69, 9.17) is 4.74 Å². The van der Waals surface area contributed by atoms with E-state index < -0.39 is 0 Å². The van der Waals surface area contributed by atoms with Crippen molar-refractivity contribution in [3.05, 3.63) is 0 Å². The van der Waals surface area contributed by atoms with Crippen LogP contribution >= 0.6 is 0 Å². The first-order chi connectivity index (χ1) is 8.19. The van der Waals surface area contributed by atoms with Gasteiger partial charge in [0.15, 0.2) is 0 Å². The first-order valence-electron chi connectivity index (χ1n) is 6.81. The van der Waals surface area contributed by atoms with Crippen LogP contribution in [0, 0.1) is 23.2 Å². The van der Waals surface area contributed by atoms with Crippen molar-refractivity contribution in [1.82, 2.24) is 4.90 Å². The first-order valence-corrected chi connectivity index (χ1v) is 6.81. The van der Waals surface area contributed by atoms with E-state index in [0.717, 1.165) is 26.1 Å². The predicted molar refractivity (Wildman–Crippen MR) is 69.6 cm³/mol. The molecule has 0 N–H and O–H groups in total. The smallest absolute Gasteiger partial charge is 0.0672 e. The molecule has 0 aromatic heterocycles. The van der Waals surface area contributed by atoms with Gasteiger partial charge in [0.2, 0.25) is 0 Å². The molecule has 2 atom stereocenters. The maximum absolute atomic E-state index is 9.26. The lowest BCUT2D eigenvalue weighted by Gasteiger charge is -2.38. The molecule has 1 aliphatic carbocycles. The van der Waals surface area contributed by atoms with Gasteiger partial charge in [0.1, 0.15) is 0 Å². The molecule has 0 radical (unpaired) electrons.